The molecule has 2 aliphatic rings. The van der Waals surface area contributed by atoms with Crippen LogP contribution in [-0.2, 0) is 4.74 Å². The zero-order valence-electron chi connectivity index (χ0n) is 10.9. The molecule has 0 spiro atoms. The van der Waals surface area contributed by atoms with Crippen LogP contribution in [0.25, 0.3) is 0 Å². The summed E-state index contributed by atoms with van der Waals surface area (Å²) in [6.45, 7) is 0.693. The molecule has 1 N–H and O–H groups in total. The summed E-state index contributed by atoms with van der Waals surface area (Å²) in [5.41, 5.74) is -0.106. The summed E-state index contributed by atoms with van der Waals surface area (Å²) in [6.07, 6.45) is 1.20. The molecule has 0 aromatic carbocycles. The second kappa shape index (κ2) is 5.37. The van der Waals surface area contributed by atoms with Crippen molar-refractivity contribution in [3.05, 3.63) is 0 Å². The molecule has 2 nitrogen and oxygen atoms in total. The van der Waals surface area contributed by atoms with Crippen LogP contribution < -0.4 is 5.32 Å². The van der Waals surface area contributed by atoms with Crippen molar-refractivity contribution in [2.75, 3.05) is 13.7 Å². The Labute approximate surface area is 106 Å². The van der Waals surface area contributed by atoms with E-state index in [1.165, 1.54) is 0 Å². The summed E-state index contributed by atoms with van der Waals surface area (Å²) in [7, 11) is 1.69. The topological polar surface area (TPSA) is 21.3 Å². The number of methoxy groups -OCH3 is 1. The molecule has 0 saturated heterocycles. The van der Waals surface area contributed by atoms with E-state index in [2.05, 4.69) is 5.32 Å². The highest BCUT2D eigenvalue weighted by molar-refractivity contribution is 4.93. The molecule has 2 saturated carbocycles. The summed E-state index contributed by atoms with van der Waals surface area (Å²) in [4.78, 5) is 0. The van der Waals surface area contributed by atoms with Crippen LogP contribution in [-0.4, -0.2) is 31.5 Å². The van der Waals surface area contributed by atoms with Gasteiger partial charge in [-0.25, -0.2) is 0 Å². The highest BCUT2D eigenvalue weighted by Crippen LogP contribution is 2.38. The third kappa shape index (κ3) is 3.18. The highest BCUT2D eigenvalue weighted by atomic mass is 19.4. The molecule has 2 fully saturated rings. The SMILES string of the molecule is COC1(CN[C@H]2CCC[C@H](C(F)(F)F)C2)CCC1. The standard InChI is InChI=1S/C13H22F3NO/c1-18-12(6-3-7-12)9-17-11-5-2-4-10(8-11)13(14,15)16/h10-11,17H,2-9H2,1H3/t10-,11-/m0/s1. The first kappa shape index (κ1) is 14.1. The van der Waals surface area contributed by atoms with E-state index in [0.717, 1.165) is 25.7 Å². The van der Waals surface area contributed by atoms with Crippen molar-refractivity contribution >= 4 is 0 Å². The van der Waals surface area contributed by atoms with E-state index in [0.29, 0.717) is 13.0 Å². The van der Waals surface area contributed by atoms with Crippen LogP contribution in [0.1, 0.15) is 44.9 Å². The lowest BCUT2D eigenvalue weighted by Crippen LogP contribution is -2.51. The molecule has 0 aliphatic heterocycles. The third-order valence-corrected chi connectivity index (χ3v) is 4.55. The minimum atomic E-state index is -4.03. The Morgan fingerprint density at radius 3 is 2.44 bits per heavy atom. The highest BCUT2D eigenvalue weighted by Gasteiger charge is 2.43. The Bertz CT molecular complexity index is 270. The van der Waals surface area contributed by atoms with Crippen molar-refractivity contribution < 1.29 is 17.9 Å². The van der Waals surface area contributed by atoms with Gasteiger partial charge in [-0.15, -0.1) is 0 Å². The van der Waals surface area contributed by atoms with Crippen LogP contribution in [0.2, 0.25) is 0 Å². The van der Waals surface area contributed by atoms with Crippen LogP contribution in [0.3, 0.4) is 0 Å². The van der Waals surface area contributed by atoms with Gasteiger partial charge in [-0.3, -0.25) is 0 Å². The smallest absolute Gasteiger partial charge is 0.377 e. The van der Waals surface area contributed by atoms with E-state index >= 15 is 0 Å². The molecule has 0 amide bonds. The van der Waals surface area contributed by atoms with E-state index in [1.807, 2.05) is 0 Å². The van der Waals surface area contributed by atoms with E-state index in [4.69, 9.17) is 4.74 Å². The molecule has 0 heterocycles. The number of rotatable bonds is 4. The van der Waals surface area contributed by atoms with Crippen LogP contribution >= 0.6 is 0 Å². The first-order valence-corrected chi connectivity index (χ1v) is 6.80. The predicted molar refractivity (Wildman–Crippen MR) is 63.4 cm³/mol. The first-order valence-electron chi connectivity index (χ1n) is 6.80. The van der Waals surface area contributed by atoms with Gasteiger partial charge in [0.1, 0.15) is 0 Å². The lowest BCUT2D eigenvalue weighted by atomic mass is 9.79. The Morgan fingerprint density at radius 1 is 1.22 bits per heavy atom. The average molecular weight is 265 g/mol. The van der Waals surface area contributed by atoms with Crippen LogP contribution in [0.4, 0.5) is 13.2 Å². The lowest BCUT2D eigenvalue weighted by molar-refractivity contribution is -0.184. The second-order valence-electron chi connectivity index (χ2n) is 5.72. The Balaban J connectivity index is 1.79. The van der Waals surface area contributed by atoms with Crippen LogP contribution in [0, 0.1) is 5.92 Å². The molecule has 18 heavy (non-hydrogen) atoms. The van der Waals surface area contributed by atoms with Gasteiger partial charge < -0.3 is 10.1 Å². The molecule has 106 valence electrons. The number of hydrogen-bond donors (Lipinski definition) is 1. The molecule has 0 unspecified atom stereocenters. The maximum Gasteiger partial charge on any atom is 0.391 e. The number of halogens is 3. The maximum atomic E-state index is 12.7. The van der Waals surface area contributed by atoms with Crippen molar-refractivity contribution in [1.82, 2.24) is 5.32 Å². The normalized spacial score (nSPS) is 32.0. The molecule has 2 aliphatic carbocycles. The van der Waals surface area contributed by atoms with Crippen molar-refractivity contribution in [2.45, 2.75) is 62.8 Å². The van der Waals surface area contributed by atoms with Gasteiger partial charge in [0.05, 0.1) is 11.5 Å². The largest absolute Gasteiger partial charge is 0.391 e. The summed E-state index contributed by atoms with van der Waals surface area (Å²) in [5, 5.41) is 3.29. The monoisotopic (exact) mass is 265 g/mol. The number of ether oxygens (including phenoxy) is 1. The van der Waals surface area contributed by atoms with Crippen molar-refractivity contribution in [1.29, 1.82) is 0 Å². The van der Waals surface area contributed by atoms with E-state index < -0.39 is 12.1 Å². The van der Waals surface area contributed by atoms with Gasteiger partial charge in [-0.2, -0.15) is 13.2 Å². The maximum absolute atomic E-state index is 12.7. The average Bonchev–Trinajstić information content (AvgIpc) is 2.27. The molecule has 2 rings (SSSR count). The summed E-state index contributed by atoms with van der Waals surface area (Å²) in [6, 6.07) is -0.00185. The lowest BCUT2D eigenvalue weighted by Gasteiger charge is -2.42. The predicted octanol–water partition coefficient (Wildman–Crippen LogP) is 3.27. The number of alkyl halides is 3. The van der Waals surface area contributed by atoms with Gasteiger partial charge >= 0.3 is 6.18 Å². The fourth-order valence-corrected chi connectivity index (χ4v) is 3.03. The van der Waals surface area contributed by atoms with Gasteiger partial charge in [0.25, 0.3) is 0 Å². The van der Waals surface area contributed by atoms with Gasteiger partial charge in [0, 0.05) is 19.7 Å². The molecular formula is C13H22F3NO. The van der Waals surface area contributed by atoms with Crippen LogP contribution in [0.15, 0.2) is 0 Å². The second-order valence-corrected chi connectivity index (χ2v) is 5.72. The molecule has 2 atom stereocenters. The molecule has 0 bridgehead atoms. The van der Waals surface area contributed by atoms with Crippen LogP contribution in [0.5, 0.6) is 0 Å². The third-order valence-electron chi connectivity index (χ3n) is 4.55. The van der Waals surface area contributed by atoms with Gasteiger partial charge in [-0.05, 0) is 38.5 Å². The zero-order chi connectivity index (χ0) is 13.2. The minimum Gasteiger partial charge on any atom is -0.377 e. The first-order chi connectivity index (χ1) is 8.45. The molecule has 0 radical (unpaired) electrons. The quantitative estimate of drug-likeness (QED) is 0.842. The summed E-state index contributed by atoms with van der Waals surface area (Å²) < 4.78 is 43.5. The van der Waals surface area contributed by atoms with E-state index in [1.54, 1.807) is 7.11 Å². The Hall–Kier alpha value is -0.290. The van der Waals surface area contributed by atoms with Crippen molar-refractivity contribution in [3.8, 4) is 0 Å². The molecule has 5 heteroatoms. The molecule has 0 aromatic heterocycles. The van der Waals surface area contributed by atoms with E-state index in [9.17, 15) is 13.2 Å². The zero-order valence-corrected chi connectivity index (χ0v) is 10.9. The number of nitrogens with one attached hydrogen (secondary N) is 1. The van der Waals surface area contributed by atoms with Gasteiger partial charge in [0.15, 0.2) is 0 Å². The summed E-state index contributed by atoms with van der Waals surface area (Å²) in [5.74, 6) is -1.12. The van der Waals surface area contributed by atoms with Crippen molar-refractivity contribution in [3.63, 3.8) is 0 Å². The minimum absolute atomic E-state index is 0.00185. The van der Waals surface area contributed by atoms with Crippen molar-refractivity contribution in [2.24, 2.45) is 5.92 Å². The van der Waals surface area contributed by atoms with E-state index in [-0.39, 0.29) is 24.5 Å². The fraction of sp³-hybridized carbons (Fsp3) is 1.00. The van der Waals surface area contributed by atoms with Gasteiger partial charge in [-0.1, -0.05) is 6.42 Å². The molecular weight excluding hydrogens is 243 g/mol. The Morgan fingerprint density at radius 2 is 1.94 bits per heavy atom. The fourth-order valence-electron chi connectivity index (χ4n) is 3.03. The molecule has 0 aromatic rings. The number of hydrogen-bond acceptors (Lipinski definition) is 2. The summed E-state index contributed by atoms with van der Waals surface area (Å²) >= 11 is 0. The van der Waals surface area contributed by atoms with Gasteiger partial charge in [0.2, 0.25) is 0 Å². The Kier molecular flexibility index (Phi) is 4.22.